The van der Waals surface area contributed by atoms with Gasteiger partial charge in [-0.2, -0.15) is 13.2 Å². The third-order valence-electron chi connectivity index (χ3n) is 6.56. The van der Waals surface area contributed by atoms with Gasteiger partial charge in [0.25, 0.3) is 11.7 Å². The van der Waals surface area contributed by atoms with Crippen molar-refractivity contribution in [2.45, 2.75) is 45.3 Å². The molecule has 1 heterocycles. The molecule has 3 aromatic rings. The number of aryl methyl sites for hydroxylation is 1. The molecule has 1 saturated heterocycles. The van der Waals surface area contributed by atoms with Crippen molar-refractivity contribution in [2.75, 3.05) is 12.0 Å². The number of ether oxygens (including phenoxy) is 1. The first-order chi connectivity index (χ1) is 17.7. The molecule has 198 valence electrons. The summed E-state index contributed by atoms with van der Waals surface area (Å²) in [6.45, 7) is 7.77. The van der Waals surface area contributed by atoms with Crippen molar-refractivity contribution >= 4 is 23.1 Å². The predicted molar refractivity (Wildman–Crippen MR) is 139 cm³/mol. The van der Waals surface area contributed by atoms with Crippen LogP contribution in [0.3, 0.4) is 0 Å². The summed E-state index contributed by atoms with van der Waals surface area (Å²) in [7, 11) is 1.54. The van der Waals surface area contributed by atoms with Gasteiger partial charge in [-0.05, 0) is 60.4 Å². The van der Waals surface area contributed by atoms with Gasteiger partial charge in [-0.3, -0.25) is 14.5 Å². The van der Waals surface area contributed by atoms with Crippen LogP contribution in [0.25, 0.3) is 5.76 Å². The Kier molecular flexibility index (Phi) is 6.86. The predicted octanol–water partition coefficient (Wildman–Crippen LogP) is 6.95. The van der Waals surface area contributed by atoms with E-state index in [-0.39, 0.29) is 22.4 Å². The molecule has 1 fully saturated rings. The highest BCUT2D eigenvalue weighted by atomic mass is 19.4. The van der Waals surface area contributed by atoms with E-state index in [4.69, 9.17) is 4.74 Å². The molecule has 1 aliphatic heterocycles. The molecule has 5 nitrogen and oxygen atoms in total. The Hall–Kier alpha value is -4.07. The van der Waals surface area contributed by atoms with Gasteiger partial charge in [0, 0.05) is 16.8 Å². The van der Waals surface area contributed by atoms with Crippen LogP contribution in [0, 0.1) is 6.92 Å². The highest BCUT2D eigenvalue weighted by Crippen LogP contribution is 2.44. The summed E-state index contributed by atoms with van der Waals surface area (Å²) < 4.78 is 45.0. The molecular formula is C30H28F3NO4. The number of hydrogen-bond donors (Lipinski definition) is 1. The number of methoxy groups -OCH3 is 1. The third-order valence-corrected chi connectivity index (χ3v) is 6.56. The fourth-order valence-corrected chi connectivity index (χ4v) is 4.66. The molecule has 8 heteroatoms. The molecule has 1 N–H and O–H groups in total. The molecule has 0 bridgehead atoms. The van der Waals surface area contributed by atoms with Crippen molar-refractivity contribution in [3.63, 3.8) is 0 Å². The minimum Gasteiger partial charge on any atom is -0.507 e. The Labute approximate surface area is 219 Å². The molecule has 4 rings (SSSR count). The average Bonchev–Trinajstić information content (AvgIpc) is 3.12. The average molecular weight is 524 g/mol. The van der Waals surface area contributed by atoms with Crippen LogP contribution in [0.5, 0.6) is 5.75 Å². The van der Waals surface area contributed by atoms with E-state index in [1.807, 2.05) is 33.8 Å². The number of carbonyl (C=O) groups excluding carboxylic acids is 2. The summed E-state index contributed by atoms with van der Waals surface area (Å²) in [6.07, 6.45) is -4.55. The largest absolute Gasteiger partial charge is 0.507 e. The van der Waals surface area contributed by atoms with Crippen molar-refractivity contribution in [2.24, 2.45) is 0 Å². The van der Waals surface area contributed by atoms with Crippen LogP contribution in [0.1, 0.15) is 54.6 Å². The van der Waals surface area contributed by atoms with Gasteiger partial charge in [-0.25, -0.2) is 0 Å². The van der Waals surface area contributed by atoms with E-state index < -0.39 is 29.5 Å². The zero-order valence-corrected chi connectivity index (χ0v) is 21.7. The number of nitrogens with zero attached hydrogens (tertiary/aromatic N) is 1. The number of aliphatic hydroxyl groups excluding tert-OH is 1. The number of alkyl halides is 3. The fraction of sp³-hybridized carbons (Fsp3) is 0.267. The number of ketones is 1. The molecule has 1 aliphatic rings. The summed E-state index contributed by atoms with van der Waals surface area (Å²) in [5.74, 6) is -1.64. The lowest BCUT2D eigenvalue weighted by atomic mass is 9.84. The first-order valence-electron chi connectivity index (χ1n) is 12.0. The lowest BCUT2D eigenvalue weighted by Crippen LogP contribution is -2.29. The highest BCUT2D eigenvalue weighted by Gasteiger charge is 2.47. The number of benzene rings is 3. The van der Waals surface area contributed by atoms with Gasteiger partial charge < -0.3 is 9.84 Å². The van der Waals surface area contributed by atoms with E-state index in [0.717, 1.165) is 40.3 Å². The van der Waals surface area contributed by atoms with Crippen LogP contribution < -0.4 is 9.64 Å². The molecular weight excluding hydrogens is 495 g/mol. The molecule has 3 aromatic carbocycles. The van der Waals surface area contributed by atoms with Gasteiger partial charge >= 0.3 is 6.18 Å². The molecule has 38 heavy (non-hydrogen) atoms. The SMILES string of the molecule is COc1ccc(/C(O)=C2/C(=O)C(=O)N(c3ccc(C(F)(F)F)cc3)C2c2cccc(C)c2)cc1C(C)(C)C. The van der Waals surface area contributed by atoms with E-state index in [1.165, 1.54) is 7.11 Å². The van der Waals surface area contributed by atoms with E-state index in [1.54, 1.807) is 36.4 Å². The standard InChI is InChI=1S/C30H28F3NO4/c1-17-7-6-8-18(15-17)25-24(26(35)19-9-14-23(38-5)22(16-19)29(2,3)4)27(36)28(37)34(25)21-12-10-20(11-13-21)30(31,32)33/h6-16,25,35H,1-5H3/b26-24-. The molecule has 1 atom stereocenters. The third kappa shape index (κ3) is 4.90. The molecule has 0 saturated carbocycles. The number of hydrogen-bond acceptors (Lipinski definition) is 4. The minimum atomic E-state index is -4.55. The van der Waals surface area contributed by atoms with E-state index >= 15 is 0 Å². The summed E-state index contributed by atoms with van der Waals surface area (Å²) in [4.78, 5) is 27.8. The summed E-state index contributed by atoms with van der Waals surface area (Å²) in [5, 5.41) is 11.5. The van der Waals surface area contributed by atoms with E-state index in [9.17, 15) is 27.9 Å². The van der Waals surface area contributed by atoms with Gasteiger partial charge in [0.1, 0.15) is 11.5 Å². The lowest BCUT2D eigenvalue weighted by molar-refractivity contribution is -0.137. The van der Waals surface area contributed by atoms with Gasteiger partial charge in [0.15, 0.2) is 0 Å². The van der Waals surface area contributed by atoms with Gasteiger partial charge in [-0.1, -0.05) is 50.6 Å². The van der Waals surface area contributed by atoms with Crippen LogP contribution in [-0.4, -0.2) is 23.9 Å². The lowest BCUT2D eigenvalue weighted by Gasteiger charge is -2.26. The molecule has 0 spiro atoms. The number of aliphatic hydroxyl groups is 1. The van der Waals surface area contributed by atoms with E-state index in [2.05, 4.69) is 0 Å². The monoisotopic (exact) mass is 523 g/mol. The van der Waals surface area contributed by atoms with Gasteiger partial charge in [-0.15, -0.1) is 0 Å². The zero-order valence-electron chi connectivity index (χ0n) is 21.7. The number of anilines is 1. The van der Waals surface area contributed by atoms with Crippen LogP contribution in [0.2, 0.25) is 0 Å². The topological polar surface area (TPSA) is 66.8 Å². The van der Waals surface area contributed by atoms with Crippen molar-refractivity contribution in [1.29, 1.82) is 0 Å². The summed E-state index contributed by atoms with van der Waals surface area (Å²) in [6, 6.07) is 15.1. The van der Waals surface area contributed by atoms with Crippen molar-refractivity contribution in [3.8, 4) is 5.75 Å². The maximum absolute atomic E-state index is 13.4. The first kappa shape index (κ1) is 27.0. The molecule has 0 aromatic heterocycles. The molecule has 1 amide bonds. The second-order valence-corrected chi connectivity index (χ2v) is 10.3. The Morgan fingerprint density at radius 3 is 2.16 bits per heavy atom. The van der Waals surface area contributed by atoms with Crippen molar-refractivity contribution < 1.29 is 32.6 Å². The normalized spacial score (nSPS) is 17.7. The minimum absolute atomic E-state index is 0.107. The molecule has 0 radical (unpaired) electrons. The Bertz CT molecular complexity index is 1430. The van der Waals surface area contributed by atoms with Crippen LogP contribution in [0.15, 0.2) is 72.3 Å². The van der Waals surface area contributed by atoms with Crippen LogP contribution in [0.4, 0.5) is 18.9 Å². The Morgan fingerprint density at radius 1 is 0.947 bits per heavy atom. The number of Topliss-reactive ketones (excluding diaryl/α,β-unsaturated/α-hetero) is 1. The Balaban J connectivity index is 1.94. The molecule has 0 aliphatic carbocycles. The van der Waals surface area contributed by atoms with Crippen molar-refractivity contribution in [3.05, 3.63) is 100 Å². The number of rotatable bonds is 4. The summed E-state index contributed by atoms with van der Waals surface area (Å²) >= 11 is 0. The zero-order chi connectivity index (χ0) is 28.0. The first-order valence-corrected chi connectivity index (χ1v) is 12.0. The maximum atomic E-state index is 13.4. The second kappa shape index (κ2) is 9.67. The quantitative estimate of drug-likeness (QED) is 0.228. The van der Waals surface area contributed by atoms with Gasteiger partial charge in [0.05, 0.1) is 24.3 Å². The number of carbonyl (C=O) groups is 2. The maximum Gasteiger partial charge on any atom is 0.416 e. The highest BCUT2D eigenvalue weighted by molar-refractivity contribution is 6.51. The number of halogens is 3. The summed E-state index contributed by atoms with van der Waals surface area (Å²) in [5.41, 5.74) is 1.21. The Morgan fingerprint density at radius 2 is 1.61 bits per heavy atom. The van der Waals surface area contributed by atoms with Crippen LogP contribution in [-0.2, 0) is 21.2 Å². The van der Waals surface area contributed by atoms with Crippen molar-refractivity contribution in [1.82, 2.24) is 0 Å². The smallest absolute Gasteiger partial charge is 0.416 e. The molecule has 1 unspecified atom stereocenters. The van der Waals surface area contributed by atoms with Crippen LogP contribution >= 0.6 is 0 Å². The fourth-order valence-electron chi connectivity index (χ4n) is 4.66. The number of amides is 1. The van der Waals surface area contributed by atoms with Gasteiger partial charge in [0.2, 0.25) is 0 Å². The van der Waals surface area contributed by atoms with E-state index in [0.29, 0.717) is 16.9 Å². The second-order valence-electron chi connectivity index (χ2n) is 10.3.